The van der Waals surface area contributed by atoms with Crippen LogP contribution in [0.15, 0.2) is 0 Å². The Morgan fingerprint density at radius 2 is 2.00 bits per heavy atom. The summed E-state index contributed by atoms with van der Waals surface area (Å²) < 4.78 is 17.6. The van der Waals surface area contributed by atoms with Gasteiger partial charge in [0.25, 0.3) is 0 Å². The van der Waals surface area contributed by atoms with Crippen LogP contribution >= 0.6 is 0 Å². The third kappa shape index (κ3) is 3.17. The Hall–Kier alpha value is -0.640. The molecule has 3 nitrogen and oxygen atoms in total. The molecular weight excluding hydrogens is 163 g/mol. The summed E-state index contributed by atoms with van der Waals surface area (Å²) in [7, 11) is 0. The van der Waals surface area contributed by atoms with E-state index < -0.39 is 12.1 Å². The van der Waals surface area contributed by atoms with Crippen LogP contribution in [0.2, 0.25) is 0 Å². The molecule has 0 aliphatic heterocycles. The van der Waals surface area contributed by atoms with E-state index in [-0.39, 0.29) is 12.7 Å². The number of alkyl halides is 1. The van der Waals surface area contributed by atoms with Gasteiger partial charge in [-0.15, -0.1) is 0 Å². The number of carbonyl (C=O) groups is 1. The second kappa shape index (κ2) is 4.40. The fraction of sp³-hybridized carbons (Fsp3) is 0.875. The molecule has 0 spiro atoms. The molecule has 0 aromatic heterocycles. The van der Waals surface area contributed by atoms with E-state index in [0.717, 1.165) is 0 Å². The smallest absolute Gasteiger partial charge is 0.329 e. The molecule has 1 aliphatic rings. The van der Waals surface area contributed by atoms with Gasteiger partial charge in [0, 0.05) is 0 Å². The van der Waals surface area contributed by atoms with Crippen molar-refractivity contribution < 1.29 is 19.0 Å². The maximum Gasteiger partial charge on any atom is 0.329 e. The van der Waals surface area contributed by atoms with E-state index in [1.165, 1.54) is 0 Å². The third-order valence-corrected chi connectivity index (χ3v) is 2.05. The van der Waals surface area contributed by atoms with Crippen LogP contribution in [0.25, 0.3) is 0 Å². The molecule has 12 heavy (non-hydrogen) atoms. The van der Waals surface area contributed by atoms with Gasteiger partial charge in [-0.25, -0.2) is 9.18 Å². The van der Waals surface area contributed by atoms with Crippen molar-refractivity contribution >= 4 is 5.97 Å². The summed E-state index contributed by atoms with van der Waals surface area (Å²) in [6.07, 6.45) is 1.54. The number of ether oxygens (including phenoxy) is 1. The van der Waals surface area contributed by atoms with Crippen LogP contribution in [0.4, 0.5) is 4.39 Å². The van der Waals surface area contributed by atoms with Crippen molar-refractivity contribution in [2.75, 3.05) is 6.61 Å². The predicted octanol–water partition coefficient (Wildman–Crippen LogP) is 1.37. The zero-order valence-corrected chi connectivity index (χ0v) is 6.83. The minimum Gasteiger partial charge on any atom is -0.480 e. The highest BCUT2D eigenvalue weighted by Crippen LogP contribution is 2.22. The maximum absolute atomic E-state index is 12.6. The molecule has 70 valence electrons. The van der Waals surface area contributed by atoms with Crippen LogP contribution in [0.3, 0.4) is 0 Å². The Labute approximate surface area is 70.5 Å². The van der Waals surface area contributed by atoms with Gasteiger partial charge in [0.2, 0.25) is 0 Å². The van der Waals surface area contributed by atoms with E-state index in [9.17, 15) is 9.18 Å². The van der Waals surface area contributed by atoms with Gasteiger partial charge in [0.1, 0.15) is 12.8 Å². The highest BCUT2D eigenvalue weighted by Gasteiger charge is 2.21. The van der Waals surface area contributed by atoms with Gasteiger partial charge in [0.15, 0.2) is 0 Å². The summed E-state index contributed by atoms with van der Waals surface area (Å²) in [5.41, 5.74) is 0. The summed E-state index contributed by atoms with van der Waals surface area (Å²) in [5.74, 6) is -0.961. The van der Waals surface area contributed by atoms with Crippen molar-refractivity contribution in [1.82, 2.24) is 0 Å². The normalized spacial score (nSPS) is 30.1. The SMILES string of the molecule is O=C(O)COC1CCC(F)CC1. The highest BCUT2D eigenvalue weighted by atomic mass is 19.1. The zero-order valence-electron chi connectivity index (χ0n) is 6.83. The number of aliphatic carboxylic acids is 1. The molecule has 1 saturated carbocycles. The van der Waals surface area contributed by atoms with Gasteiger partial charge < -0.3 is 9.84 Å². The summed E-state index contributed by atoms with van der Waals surface area (Å²) in [4.78, 5) is 10.1. The van der Waals surface area contributed by atoms with E-state index in [4.69, 9.17) is 9.84 Å². The van der Waals surface area contributed by atoms with Gasteiger partial charge >= 0.3 is 5.97 Å². The minimum absolute atomic E-state index is 0.0481. The average molecular weight is 176 g/mol. The van der Waals surface area contributed by atoms with Crippen LogP contribution in [0, 0.1) is 0 Å². The first-order chi connectivity index (χ1) is 5.68. The molecule has 0 atom stereocenters. The number of hydrogen-bond donors (Lipinski definition) is 1. The number of carboxylic acids is 1. The lowest BCUT2D eigenvalue weighted by molar-refractivity contribution is -0.145. The molecule has 0 unspecified atom stereocenters. The first kappa shape index (κ1) is 9.45. The molecule has 0 aromatic carbocycles. The summed E-state index contributed by atoms with van der Waals surface area (Å²) in [6, 6.07) is 0. The van der Waals surface area contributed by atoms with E-state index in [1.54, 1.807) is 0 Å². The maximum atomic E-state index is 12.6. The van der Waals surface area contributed by atoms with Gasteiger partial charge in [-0.1, -0.05) is 0 Å². The average Bonchev–Trinajstić information content (AvgIpc) is 2.03. The Bertz CT molecular complexity index is 152. The topological polar surface area (TPSA) is 46.5 Å². The second-order valence-electron chi connectivity index (χ2n) is 3.08. The minimum atomic E-state index is -0.961. The Morgan fingerprint density at radius 1 is 1.42 bits per heavy atom. The van der Waals surface area contributed by atoms with Gasteiger partial charge in [-0.2, -0.15) is 0 Å². The second-order valence-corrected chi connectivity index (χ2v) is 3.08. The fourth-order valence-electron chi connectivity index (χ4n) is 1.38. The Balaban J connectivity index is 2.13. The monoisotopic (exact) mass is 176 g/mol. The highest BCUT2D eigenvalue weighted by molar-refractivity contribution is 5.68. The molecule has 0 bridgehead atoms. The van der Waals surface area contributed by atoms with Crippen LogP contribution in [-0.2, 0) is 9.53 Å². The fourth-order valence-corrected chi connectivity index (χ4v) is 1.38. The van der Waals surface area contributed by atoms with E-state index >= 15 is 0 Å². The number of carboxylic acid groups (broad SMARTS) is 1. The van der Waals surface area contributed by atoms with Crippen molar-refractivity contribution in [1.29, 1.82) is 0 Å². The molecular formula is C8H13FO3. The molecule has 0 amide bonds. The largest absolute Gasteiger partial charge is 0.480 e. The molecule has 1 fully saturated rings. The van der Waals surface area contributed by atoms with E-state index in [0.29, 0.717) is 25.7 Å². The first-order valence-electron chi connectivity index (χ1n) is 4.16. The predicted molar refractivity (Wildman–Crippen MR) is 40.7 cm³/mol. The summed E-state index contributed by atoms with van der Waals surface area (Å²) >= 11 is 0. The van der Waals surface area contributed by atoms with Gasteiger partial charge in [0.05, 0.1) is 6.10 Å². The first-order valence-corrected chi connectivity index (χ1v) is 4.16. The molecule has 1 N–H and O–H groups in total. The standard InChI is InChI=1S/C8H13FO3/c9-6-1-3-7(4-2-6)12-5-8(10)11/h6-7H,1-5H2,(H,10,11). The third-order valence-electron chi connectivity index (χ3n) is 2.05. The van der Waals surface area contributed by atoms with Crippen LogP contribution < -0.4 is 0 Å². The number of hydrogen-bond acceptors (Lipinski definition) is 2. The summed E-state index contributed by atoms with van der Waals surface area (Å²) in [6.45, 7) is -0.262. The van der Waals surface area contributed by atoms with Crippen molar-refractivity contribution in [3.8, 4) is 0 Å². The molecule has 0 heterocycles. The molecule has 0 radical (unpaired) electrons. The molecule has 1 rings (SSSR count). The van der Waals surface area contributed by atoms with Gasteiger partial charge in [-0.05, 0) is 25.7 Å². The quantitative estimate of drug-likeness (QED) is 0.706. The summed E-state index contributed by atoms with van der Waals surface area (Å²) in [5, 5.41) is 8.30. The number of rotatable bonds is 3. The van der Waals surface area contributed by atoms with Crippen molar-refractivity contribution in [2.24, 2.45) is 0 Å². The molecule has 1 aliphatic carbocycles. The Kier molecular flexibility index (Phi) is 3.47. The van der Waals surface area contributed by atoms with Crippen molar-refractivity contribution in [3.63, 3.8) is 0 Å². The van der Waals surface area contributed by atoms with Crippen LogP contribution in [0.5, 0.6) is 0 Å². The lowest BCUT2D eigenvalue weighted by Gasteiger charge is -2.23. The molecule has 0 aromatic rings. The van der Waals surface area contributed by atoms with Crippen LogP contribution in [-0.4, -0.2) is 30.0 Å². The lowest BCUT2D eigenvalue weighted by Crippen LogP contribution is -2.24. The van der Waals surface area contributed by atoms with Crippen LogP contribution in [0.1, 0.15) is 25.7 Å². The van der Waals surface area contributed by atoms with Crippen molar-refractivity contribution in [3.05, 3.63) is 0 Å². The lowest BCUT2D eigenvalue weighted by atomic mass is 9.96. The Morgan fingerprint density at radius 3 is 2.50 bits per heavy atom. The van der Waals surface area contributed by atoms with Crippen molar-refractivity contribution in [2.45, 2.75) is 38.0 Å². The number of halogens is 1. The molecule has 4 heteroatoms. The van der Waals surface area contributed by atoms with E-state index in [1.807, 2.05) is 0 Å². The van der Waals surface area contributed by atoms with E-state index in [2.05, 4.69) is 0 Å². The van der Waals surface area contributed by atoms with Gasteiger partial charge in [-0.3, -0.25) is 0 Å². The molecule has 0 saturated heterocycles. The zero-order chi connectivity index (χ0) is 8.97.